The molecule has 0 atom stereocenters. The molecule has 30 heavy (non-hydrogen) atoms. The van der Waals surface area contributed by atoms with Crippen LogP contribution in [0.4, 0.5) is 0 Å². The first kappa shape index (κ1) is 19.9. The third-order valence-corrected chi connectivity index (χ3v) is 9.16. The lowest BCUT2D eigenvalue weighted by Gasteiger charge is -2.43. The Kier molecular flexibility index (Phi) is 5.68. The molecule has 0 aliphatic carbocycles. The Morgan fingerprint density at radius 3 is 1.20 bits per heavy atom. The van der Waals surface area contributed by atoms with Gasteiger partial charge in [0, 0.05) is 36.3 Å². The highest BCUT2D eigenvalue weighted by molar-refractivity contribution is 7.63. The summed E-state index contributed by atoms with van der Waals surface area (Å²) in [4.78, 5) is 2.35. The third-order valence-electron chi connectivity index (χ3n) is 5.99. The Labute approximate surface area is 179 Å². The van der Waals surface area contributed by atoms with E-state index in [2.05, 4.69) is 95.9 Å². The van der Waals surface area contributed by atoms with E-state index in [1.54, 1.807) is 0 Å². The van der Waals surface area contributed by atoms with Gasteiger partial charge in [-0.2, -0.15) is 13.6 Å². The monoisotopic (exact) mass is 420 g/mol. The van der Waals surface area contributed by atoms with Gasteiger partial charge in [-0.05, 0) is 0 Å². The van der Waals surface area contributed by atoms with Gasteiger partial charge in [0.2, 0.25) is 5.16 Å². The van der Waals surface area contributed by atoms with Gasteiger partial charge < -0.3 is 0 Å². The standard InChI is InChI=1S/C25H27NO3P/c1-4-10-22(11-5-1)25(23-12-6-2-7-13-23,24-14-8-3-9-15-24)30-27-19-16-26(17-20-28-30)18-21-29-30/h1-15H,16-21H2/q+1. The molecule has 6 rings (SSSR count). The molecule has 3 heterocycles. The van der Waals surface area contributed by atoms with Crippen molar-refractivity contribution >= 4 is 7.94 Å². The number of rotatable bonds is 4. The minimum absolute atomic E-state index is 0.599. The SMILES string of the molecule is c1ccc(C(c2ccccc2)(c2ccccc2)[P+]23OCCN(CCO2)CCO3)cc1. The largest absolute Gasteiger partial charge is 0.432 e. The third kappa shape index (κ3) is 3.30. The fraction of sp³-hybridized carbons (Fsp3) is 0.280. The minimum atomic E-state index is -2.86. The van der Waals surface area contributed by atoms with Gasteiger partial charge in [0.1, 0.15) is 19.8 Å². The Morgan fingerprint density at radius 1 is 0.533 bits per heavy atom. The van der Waals surface area contributed by atoms with E-state index in [0.717, 1.165) is 36.3 Å². The Balaban J connectivity index is 1.83. The highest BCUT2D eigenvalue weighted by atomic mass is 31.2. The molecular formula is C25H27NO3P+. The zero-order valence-corrected chi connectivity index (χ0v) is 17.9. The number of nitrogens with zero attached hydrogens (tertiary/aromatic N) is 1. The summed E-state index contributed by atoms with van der Waals surface area (Å²) in [5.41, 5.74) is 3.40. The van der Waals surface area contributed by atoms with Gasteiger partial charge in [0.25, 0.3) is 0 Å². The Morgan fingerprint density at radius 2 is 0.867 bits per heavy atom. The van der Waals surface area contributed by atoms with E-state index in [9.17, 15) is 0 Å². The molecule has 3 aliphatic rings. The van der Waals surface area contributed by atoms with Gasteiger partial charge in [-0.1, -0.05) is 91.0 Å². The molecule has 3 aliphatic heterocycles. The van der Waals surface area contributed by atoms with Gasteiger partial charge in [0.05, 0.1) is 0 Å². The van der Waals surface area contributed by atoms with Crippen LogP contribution in [0.2, 0.25) is 0 Å². The van der Waals surface area contributed by atoms with Crippen molar-refractivity contribution in [2.75, 3.05) is 39.5 Å². The van der Waals surface area contributed by atoms with Gasteiger partial charge in [-0.15, -0.1) is 0 Å². The molecule has 4 nitrogen and oxygen atoms in total. The predicted octanol–water partition coefficient (Wildman–Crippen LogP) is 5.12. The van der Waals surface area contributed by atoms with Crippen LogP contribution in [0.5, 0.6) is 0 Å². The zero-order chi connectivity index (χ0) is 20.3. The lowest BCUT2D eigenvalue weighted by molar-refractivity contribution is 0.0386. The first-order valence-corrected chi connectivity index (χ1v) is 12.1. The number of fused-ring (bicyclic) bond motifs is 6. The smallest absolute Gasteiger partial charge is 0.296 e. The molecule has 0 aromatic heterocycles. The van der Waals surface area contributed by atoms with Crippen LogP contribution in [0.1, 0.15) is 16.7 Å². The zero-order valence-electron chi connectivity index (χ0n) is 17.0. The summed E-state index contributed by atoms with van der Waals surface area (Å²) < 4.78 is 20.1. The lowest BCUT2D eigenvalue weighted by Crippen LogP contribution is -2.44. The van der Waals surface area contributed by atoms with E-state index in [4.69, 9.17) is 13.6 Å². The van der Waals surface area contributed by atoms with Crippen molar-refractivity contribution < 1.29 is 13.6 Å². The maximum atomic E-state index is 6.70. The van der Waals surface area contributed by atoms with Crippen LogP contribution in [0.25, 0.3) is 0 Å². The maximum absolute atomic E-state index is 6.70. The lowest BCUT2D eigenvalue weighted by atomic mass is 9.84. The fourth-order valence-electron chi connectivity index (χ4n) is 4.62. The molecule has 3 fully saturated rings. The van der Waals surface area contributed by atoms with Crippen molar-refractivity contribution in [3.63, 3.8) is 0 Å². The molecule has 0 unspecified atom stereocenters. The van der Waals surface area contributed by atoms with Gasteiger partial charge in [-0.3, -0.25) is 4.90 Å². The molecule has 0 amide bonds. The van der Waals surface area contributed by atoms with E-state index >= 15 is 0 Å². The van der Waals surface area contributed by atoms with E-state index in [-0.39, 0.29) is 0 Å². The van der Waals surface area contributed by atoms with Crippen molar-refractivity contribution in [1.29, 1.82) is 0 Å². The van der Waals surface area contributed by atoms with E-state index in [0.29, 0.717) is 19.8 Å². The average Bonchev–Trinajstić information content (AvgIpc) is 2.77. The number of hydrogen-bond donors (Lipinski definition) is 0. The summed E-state index contributed by atoms with van der Waals surface area (Å²) in [6.45, 7) is 4.51. The first-order valence-electron chi connectivity index (χ1n) is 10.6. The van der Waals surface area contributed by atoms with E-state index in [1.807, 2.05) is 0 Å². The minimum Gasteiger partial charge on any atom is -0.296 e. The van der Waals surface area contributed by atoms with Crippen molar-refractivity contribution in [2.24, 2.45) is 0 Å². The van der Waals surface area contributed by atoms with Crippen molar-refractivity contribution in [3.8, 4) is 0 Å². The summed E-state index contributed by atoms with van der Waals surface area (Å²) in [6.07, 6.45) is 0. The van der Waals surface area contributed by atoms with Crippen LogP contribution in [-0.2, 0) is 18.7 Å². The van der Waals surface area contributed by atoms with Gasteiger partial charge >= 0.3 is 7.94 Å². The quantitative estimate of drug-likeness (QED) is 0.433. The second-order valence-electron chi connectivity index (χ2n) is 7.65. The number of benzene rings is 3. The molecule has 2 bridgehead atoms. The van der Waals surface area contributed by atoms with Gasteiger partial charge in [0.15, 0.2) is 0 Å². The maximum Gasteiger partial charge on any atom is 0.432 e. The van der Waals surface area contributed by atoms with Gasteiger partial charge in [-0.25, -0.2) is 0 Å². The summed E-state index contributed by atoms with van der Waals surface area (Å²) in [7, 11) is -2.86. The summed E-state index contributed by atoms with van der Waals surface area (Å²) in [6, 6.07) is 31.7. The molecule has 3 aromatic carbocycles. The van der Waals surface area contributed by atoms with Crippen molar-refractivity contribution in [2.45, 2.75) is 5.16 Å². The molecule has 3 aromatic rings. The highest BCUT2D eigenvalue weighted by Crippen LogP contribution is 2.79. The Hall–Kier alpha value is -2.07. The van der Waals surface area contributed by atoms with Crippen LogP contribution >= 0.6 is 7.94 Å². The Bertz CT molecular complexity index is 829. The molecule has 3 saturated heterocycles. The van der Waals surface area contributed by atoms with E-state index < -0.39 is 13.1 Å². The normalized spacial score (nSPS) is 24.6. The topological polar surface area (TPSA) is 30.9 Å². The second kappa shape index (κ2) is 8.58. The average molecular weight is 420 g/mol. The molecular weight excluding hydrogens is 393 g/mol. The summed E-state index contributed by atoms with van der Waals surface area (Å²) in [5, 5.41) is -0.670. The highest BCUT2D eigenvalue weighted by Gasteiger charge is 2.69. The molecule has 0 N–H and O–H groups in total. The fourth-order valence-corrected chi connectivity index (χ4v) is 7.79. The second-order valence-corrected chi connectivity index (χ2v) is 10.1. The van der Waals surface area contributed by atoms with Crippen LogP contribution in [0.3, 0.4) is 0 Å². The van der Waals surface area contributed by atoms with Crippen LogP contribution in [-0.4, -0.2) is 44.4 Å². The molecule has 0 saturated carbocycles. The number of hydrogen-bond acceptors (Lipinski definition) is 4. The molecule has 0 radical (unpaired) electrons. The summed E-state index contributed by atoms with van der Waals surface area (Å²) in [5.74, 6) is 0. The molecule has 0 spiro atoms. The first-order chi connectivity index (χ1) is 14.9. The van der Waals surface area contributed by atoms with Crippen LogP contribution in [0, 0.1) is 0 Å². The van der Waals surface area contributed by atoms with Crippen molar-refractivity contribution in [3.05, 3.63) is 108 Å². The predicted molar refractivity (Wildman–Crippen MR) is 120 cm³/mol. The molecule has 154 valence electrons. The molecule has 5 heteroatoms. The van der Waals surface area contributed by atoms with Crippen LogP contribution in [0.15, 0.2) is 91.0 Å². The summed E-state index contributed by atoms with van der Waals surface area (Å²) >= 11 is 0. The van der Waals surface area contributed by atoms with Crippen LogP contribution < -0.4 is 0 Å². The van der Waals surface area contributed by atoms with E-state index in [1.165, 1.54) is 0 Å². The van der Waals surface area contributed by atoms with Crippen molar-refractivity contribution in [1.82, 2.24) is 4.90 Å².